The van der Waals surface area contributed by atoms with Gasteiger partial charge in [-0.2, -0.15) is 0 Å². The number of amides is 4. The van der Waals surface area contributed by atoms with Crippen molar-refractivity contribution in [2.24, 2.45) is 11.8 Å². The van der Waals surface area contributed by atoms with Crippen LogP contribution in [0.2, 0.25) is 0 Å². The Morgan fingerprint density at radius 3 is 2.10 bits per heavy atom. The van der Waals surface area contributed by atoms with Crippen molar-refractivity contribution in [1.29, 1.82) is 0 Å². The van der Waals surface area contributed by atoms with Gasteiger partial charge in [0.1, 0.15) is 17.7 Å². The van der Waals surface area contributed by atoms with Gasteiger partial charge in [-0.25, -0.2) is 4.79 Å². The summed E-state index contributed by atoms with van der Waals surface area (Å²) in [5.41, 5.74) is 2.02. The number of likely N-dealkylation sites (tertiary alicyclic amines) is 1. The number of carbonyl (C=O) groups is 4. The van der Waals surface area contributed by atoms with Crippen LogP contribution >= 0.6 is 0 Å². The summed E-state index contributed by atoms with van der Waals surface area (Å²) in [6.07, 6.45) is 1.15. The number of hydrogen-bond donors (Lipinski definition) is 3. The SMILES string of the molecule is Cc1ccc(NC(=O)C(Cc2ccccc2)NC(=O)C2CCN(C(=O)C(CC(C)C)NC(=O)OC(C)(C)C)CC2)cc1. The molecule has 1 aliphatic heterocycles. The van der Waals surface area contributed by atoms with Gasteiger partial charge < -0.3 is 25.6 Å². The lowest BCUT2D eigenvalue weighted by Crippen LogP contribution is -2.53. The highest BCUT2D eigenvalue weighted by atomic mass is 16.6. The summed E-state index contributed by atoms with van der Waals surface area (Å²) in [5, 5.41) is 8.65. The van der Waals surface area contributed by atoms with Crippen LogP contribution < -0.4 is 16.0 Å². The second-order valence-electron chi connectivity index (χ2n) is 12.5. The van der Waals surface area contributed by atoms with Crippen LogP contribution in [0.3, 0.4) is 0 Å². The van der Waals surface area contributed by atoms with Gasteiger partial charge in [-0.3, -0.25) is 14.4 Å². The van der Waals surface area contributed by atoms with Crippen LogP contribution in [0.5, 0.6) is 0 Å². The van der Waals surface area contributed by atoms with Gasteiger partial charge in [0.15, 0.2) is 0 Å². The van der Waals surface area contributed by atoms with Gasteiger partial charge in [-0.15, -0.1) is 0 Å². The molecule has 9 nitrogen and oxygen atoms in total. The van der Waals surface area contributed by atoms with E-state index < -0.39 is 23.8 Å². The minimum atomic E-state index is -0.755. The first-order chi connectivity index (χ1) is 19.8. The molecule has 2 unspecified atom stereocenters. The van der Waals surface area contributed by atoms with Crippen LogP contribution in [-0.2, 0) is 25.5 Å². The number of anilines is 1. The van der Waals surface area contributed by atoms with Gasteiger partial charge in [-0.1, -0.05) is 61.9 Å². The summed E-state index contributed by atoms with van der Waals surface area (Å²) in [6.45, 7) is 12.1. The number of rotatable bonds is 10. The normalized spacial score (nSPS) is 15.5. The molecule has 2 aromatic carbocycles. The predicted octanol–water partition coefficient (Wildman–Crippen LogP) is 4.84. The number of hydrogen-bond acceptors (Lipinski definition) is 5. The molecule has 0 aromatic heterocycles. The molecule has 4 amide bonds. The van der Waals surface area contributed by atoms with Gasteiger partial charge in [0.2, 0.25) is 17.7 Å². The Morgan fingerprint density at radius 1 is 0.905 bits per heavy atom. The molecule has 0 saturated carbocycles. The van der Waals surface area contributed by atoms with E-state index in [1.165, 1.54) is 0 Å². The Morgan fingerprint density at radius 2 is 1.52 bits per heavy atom. The maximum absolute atomic E-state index is 13.4. The number of nitrogens with one attached hydrogen (secondary N) is 3. The minimum absolute atomic E-state index is 0.173. The van der Waals surface area contributed by atoms with Crippen molar-refractivity contribution < 1.29 is 23.9 Å². The van der Waals surface area contributed by atoms with E-state index in [1.807, 2.05) is 75.4 Å². The zero-order chi connectivity index (χ0) is 30.9. The molecule has 1 aliphatic rings. The fourth-order valence-corrected chi connectivity index (χ4v) is 4.94. The molecule has 3 rings (SSSR count). The second kappa shape index (κ2) is 14.8. The second-order valence-corrected chi connectivity index (χ2v) is 12.5. The lowest BCUT2D eigenvalue weighted by atomic mass is 9.93. The Kier molecular flexibility index (Phi) is 11.5. The maximum Gasteiger partial charge on any atom is 0.408 e. The fourth-order valence-electron chi connectivity index (χ4n) is 4.94. The molecule has 0 aliphatic carbocycles. The third kappa shape index (κ3) is 10.5. The third-order valence-corrected chi connectivity index (χ3v) is 7.11. The molecule has 2 atom stereocenters. The quantitative estimate of drug-likeness (QED) is 0.373. The van der Waals surface area contributed by atoms with E-state index in [4.69, 9.17) is 4.74 Å². The van der Waals surface area contributed by atoms with E-state index >= 15 is 0 Å². The van der Waals surface area contributed by atoms with Crippen LogP contribution in [0.1, 0.15) is 65.0 Å². The zero-order valence-corrected chi connectivity index (χ0v) is 25.7. The first-order valence-electron chi connectivity index (χ1n) is 14.8. The molecule has 1 fully saturated rings. The third-order valence-electron chi connectivity index (χ3n) is 7.11. The smallest absolute Gasteiger partial charge is 0.408 e. The Bertz CT molecular complexity index is 1200. The number of alkyl carbamates (subject to hydrolysis) is 1. The molecule has 1 saturated heterocycles. The largest absolute Gasteiger partial charge is 0.444 e. The number of benzene rings is 2. The van der Waals surface area contributed by atoms with E-state index in [9.17, 15) is 19.2 Å². The molecule has 2 aromatic rings. The summed E-state index contributed by atoms with van der Waals surface area (Å²) in [5.74, 6) is -0.805. The lowest BCUT2D eigenvalue weighted by molar-refractivity contribution is -0.138. The first-order valence-corrected chi connectivity index (χ1v) is 14.8. The topological polar surface area (TPSA) is 117 Å². The lowest BCUT2D eigenvalue weighted by Gasteiger charge is -2.35. The Hall–Kier alpha value is -3.88. The number of nitrogens with zero attached hydrogens (tertiary/aromatic N) is 1. The monoisotopic (exact) mass is 578 g/mol. The van der Waals surface area contributed by atoms with Crippen LogP contribution in [0.25, 0.3) is 0 Å². The zero-order valence-electron chi connectivity index (χ0n) is 25.7. The number of piperidine rings is 1. The van der Waals surface area contributed by atoms with Gasteiger partial charge in [0.25, 0.3) is 0 Å². The van der Waals surface area contributed by atoms with Crippen molar-refractivity contribution in [3.63, 3.8) is 0 Å². The van der Waals surface area contributed by atoms with E-state index in [0.717, 1.165) is 11.1 Å². The standard InChI is InChI=1S/C33H46N4O5/c1-22(2)20-28(36-32(41)42-33(4,5)6)31(40)37-18-16-25(17-19-37)29(38)35-27(21-24-10-8-7-9-11-24)30(39)34-26-14-12-23(3)13-15-26/h7-15,22,25,27-28H,16-21H2,1-6H3,(H,34,39)(H,35,38)(H,36,41). The van der Waals surface area contributed by atoms with Crippen LogP contribution in [-0.4, -0.2) is 59.5 Å². The maximum atomic E-state index is 13.4. The molecular formula is C33H46N4O5. The Balaban J connectivity index is 1.62. The van der Waals surface area contributed by atoms with Crippen molar-refractivity contribution in [1.82, 2.24) is 15.5 Å². The van der Waals surface area contributed by atoms with Crippen molar-refractivity contribution >= 4 is 29.5 Å². The molecule has 9 heteroatoms. The summed E-state index contributed by atoms with van der Waals surface area (Å²) >= 11 is 0. The Labute approximate surface area is 249 Å². The highest BCUT2D eigenvalue weighted by Crippen LogP contribution is 2.21. The molecule has 42 heavy (non-hydrogen) atoms. The van der Waals surface area contributed by atoms with Crippen LogP contribution in [0.15, 0.2) is 54.6 Å². The van der Waals surface area contributed by atoms with Crippen LogP contribution in [0.4, 0.5) is 10.5 Å². The summed E-state index contributed by atoms with van der Waals surface area (Å²) < 4.78 is 5.37. The summed E-state index contributed by atoms with van der Waals surface area (Å²) in [7, 11) is 0. The van der Waals surface area contributed by atoms with Crippen molar-refractivity contribution in [2.45, 2.75) is 84.9 Å². The highest BCUT2D eigenvalue weighted by molar-refractivity contribution is 5.97. The molecule has 0 spiro atoms. The fraction of sp³-hybridized carbons (Fsp3) is 0.515. The number of aryl methyl sites for hydroxylation is 1. The highest BCUT2D eigenvalue weighted by Gasteiger charge is 2.34. The van der Waals surface area contributed by atoms with Gasteiger partial charge >= 0.3 is 6.09 Å². The van der Waals surface area contributed by atoms with Crippen molar-refractivity contribution in [3.8, 4) is 0 Å². The average Bonchev–Trinajstić information content (AvgIpc) is 2.92. The summed E-state index contributed by atoms with van der Waals surface area (Å²) in [4.78, 5) is 54.1. The number of carbonyl (C=O) groups excluding carboxylic acids is 4. The summed E-state index contributed by atoms with van der Waals surface area (Å²) in [6, 6.07) is 15.6. The molecule has 228 valence electrons. The van der Waals surface area contributed by atoms with E-state index in [0.29, 0.717) is 44.5 Å². The molecular weight excluding hydrogens is 532 g/mol. The molecule has 0 bridgehead atoms. The van der Waals surface area contributed by atoms with Crippen molar-refractivity contribution in [3.05, 3.63) is 65.7 Å². The van der Waals surface area contributed by atoms with Crippen LogP contribution in [0, 0.1) is 18.8 Å². The predicted molar refractivity (Wildman–Crippen MR) is 164 cm³/mol. The average molecular weight is 579 g/mol. The van der Waals surface area contributed by atoms with E-state index in [-0.39, 0.29) is 29.6 Å². The van der Waals surface area contributed by atoms with Gasteiger partial charge in [-0.05, 0) is 70.6 Å². The molecule has 1 heterocycles. The number of ether oxygens (including phenoxy) is 1. The van der Waals surface area contributed by atoms with Gasteiger partial charge in [0.05, 0.1) is 0 Å². The molecule has 3 N–H and O–H groups in total. The first kappa shape index (κ1) is 32.6. The van der Waals surface area contributed by atoms with Crippen molar-refractivity contribution in [2.75, 3.05) is 18.4 Å². The van der Waals surface area contributed by atoms with E-state index in [2.05, 4.69) is 16.0 Å². The molecule has 0 radical (unpaired) electrons. The van der Waals surface area contributed by atoms with Gasteiger partial charge in [0, 0.05) is 31.1 Å². The minimum Gasteiger partial charge on any atom is -0.444 e. The van der Waals surface area contributed by atoms with E-state index in [1.54, 1.807) is 25.7 Å².